The highest BCUT2D eigenvalue weighted by Crippen LogP contribution is 2.43. The van der Waals surface area contributed by atoms with Crippen molar-refractivity contribution in [3.05, 3.63) is 97.2 Å². The first-order chi connectivity index (χ1) is 36.2. The second kappa shape index (κ2) is 55.6. The highest BCUT2D eigenvalue weighted by atomic mass is 31.2. The molecule has 3 atom stereocenters. The predicted molar refractivity (Wildman–Crippen MR) is 307 cm³/mol. The highest BCUT2D eigenvalue weighted by Gasteiger charge is 2.28. The number of unbranched alkanes of at least 4 members (excludes halogenated alkanes) is 20. The zero-order valence-corrected chi connectivity index (χ0v) is 47.7. The van der Waals surface area contributed by atoms with Gasteiger partial charge in [-0.3, -0.25) is 23.4 Å². The third kappa shape index (κ3) is 53.2. The molecule has 0 saturated carbocycles. The van der Waals surface area contributed by atoms with Gasteiger partial charge in [0.25, 0.3) is 0 Å². The third-order valence-corrected chi connectivity index (χ3v) is 13.0. The SMILES string of the molecule is CC/C=C\C/C=C\C/C=C\C/C=C\C/C=C\C/C=C\CCC(=O)OCC(COP(=O)(O)OCC(CO)OC(=O)CCCCCCCCCCC)OC(=O)CCCCCCCCCCC/C=C\C/C=C\CCCCC. The topological polar surface area (TPSA) is 155 Å². The molecule has 0 fully saturated rings. The fraction of sp³-hybridized carbons (Fsp3) is 0.694. The van der Waals surface area contributed by atoms with E-state index in [4.69, 9.17) is 23.3 Å². The third-order valence-electron chi connectivity index (χ3n) is 12.0. The second-order valence-electron chi connectivity index (χ2n) is 19.1. The average molecular weight is 1060 g/mol. The number of carbonyl (C=O) groups is 3. The molecule has 0 radical (unpaired) electrons. The maximum absolute atomic E-state index is 12.9. The van der Waals surface area contributed by atoms with Crippen molar-refractivity contribution in [2.45, 2.75) is 251 Å². The van der Waals surface area contributed by atoms with Crippen molar-refractivity contribution < 1.29 is 52.2 Å². The lowest BCUT2D eigenvalue weighted by atomic mass is 10.1. The lowest BCUT2D eigenvalue weighted by Gasteiger charge is -2.21. The molecular formula is C62H105O11P. The zero-order valence-electron chi connectivity index (χ0n) is 46.8. The van der Waals surface area contributed by atoms with Crippen LogP contribution >= 0.6 is 7.82 Å². The summed E-state index contributed by atoms with van der Waals surface area (Å²) in [6, 6.07) is 0. The van der Waals surface area contributed by atoms with Crippen molar-refractivity contribution in [1.82, 2.24) is 0 Å². The number of ether oxygens (including phenoxy) is 3. The van der Waals surface area contributed by atoms with Crippen molar-refractivity contribution >= 4 is 25.7 Å². The number of allylic oxidation sites excluding steroid dienone is 16. The molecule has 12 heteroatoms. The molecule has 0 bridgehead atoms. The number of rotatable bonds is 53. The van der Waals surface area contributed by atoms with Crippen LogP contribution in [0.5, 0.6) is 0 Å². The Hall–Kier alpha value is -3.60. The molecule has 0 aliphatic carbocycles. The zero-order chi connectivity index (χ0) is 54.1. The number of carbonyl (C=O) groups excluding carboxylic acids is 3. The molecule has 2 N–H and O–H groups in total. The molecule has 0 aromatic rings. The van der Waals surface area contributed by atoms with E-state index in [1.807, 2.05) is 12.2 Å². The van der Waals surface area contributed by atoms with Gasteiger partial charge in [0, 0.05) is 19.3 Å². The summed E-state index contributed by atoms with van der Waals surface area (Å²) in [5, 5.41) is 9.78. The largest absolute Gasteiger partial charge is 0.472 e. The molecule has 0 aromatic carbocycles. The quantitative estimate of drug-likeness (QED) is 0.0197. The number of phosphoric ester groups is 1. The number of hydrogen-bond donors (Lipinski definition) is 2. The number of phosphoric acid groups is 1. The number of esters is 3. The van der Waals surface area contributed by atoms with Gasteiger partial charge in [-0.25, -0.2) is 4.57 Å². The van der Waals surface area contributed by atoms with Crippen LogP contribution in [0.3, 0.4) is 0 Å². The van der Waals surface area contributed by atoms with Gasteiger partial charge in [0.15, 0.2) is 6.10 Å². The fourth-order valence-corrected chi connectivity index (χ4v) is 8.37. The summed E-state index contributed by atoms with van der Waals surface area (Å²) in [6.45, 7) is 4.39. The maximum Gasteiger partial charge on any atom is 0.472 e. The van der Waals surface area contributed by atoms with E-state index >= 15 is 0 Å². The van der Waals surface area contributed by atoms with Crippen LogP contribution < -0.4 is 0 Å². The summed E-state index contributed by atoms with van der Waals surface area (Å²) < 4.78 is 39.4. The van der Waals surface area contributed by atoms with Crippen LogP contribution in [0.15, 0.2) is 97.2 Å². The monoisotopic (exact) mass is 1060 g/mol. The Bertz CT molecular complexity index is 1610. The Morgan fingerprint density at radius 3 is 1.16 bits per heavy atom. The molecule has 0 heterocycles. The average Bonchev–Trinajstić information content (AvgIpc) is 3.39. The van der Waals surface area contributed by atoms with Gasteiger partial charge < -0.3 is 24.2 Å². The summed E-state index contributed by atoms with van der Waals surface area (Å²) in [5.41, 5.74) is 0. The van der Waals surface area contributed by atoms with E-state index < -0.39 is 57.8 Å². The first-order valence-corrected chi connectivity index (χ1v) is 30.6. The van der Waals surface area contributed by atoms with Crippen LogP contribution in [0.25, 0.3) is 0 Å². The number of aliphatic hydroxyl groups excluding tert-OH is 1. The van der Waals surface area contributed by atoms with Crippen LogP contribution in [0, 0.1) is 0 Å². The lowest BCUT2D eigenvalue weighted by molar-refractivity contribution is -0.161. The molecule has 0 aliphatic heterocycles. The lowest BCUT2D eigenvalue weighted by Crippen LogP contribution is -2.30. The molecule has 0 amide bonds. The Morgan fingerprint density at radius 2 is 0.730 bits per heavy atom. The van der Waals surface area contributed by atoms with E-state index in [9.17, 15) is 28.9 Å². The normalized spacial score (nSPS) is 14.1. The maximum atomic E-state index is 12.9. The van der Waals surface area contributed by atoms with Crippen LogP contribution in [-0.2, 0) is 42.2 Å². The first kappa shape index (κ1) is 70.4. The van der Waals surface area contributed by atoms with Crippen LogP contribution in [0.4, 0.5) is 0 Å². The van der Waals surface area contributed by atoms with Gasteiger partial charge in [0.05, 0.1) is 19.8 Å². The van der Waals surface area contributed by atoms with Gasteiger partial charge in [-0.15, -0.1) is 0 Å². The van der Waals surface area contributed by atoms with Crippen molar-refractivity contribution in [2.75, 3.05) is 26.4 Å². The molecular weight excluding hydrogens is 952 g/mol. The van der Waals surface area contributed by atoms with Gasteiger partial charge in [0.1, 0.15) is 12.7 Å². The minimum absolute atomic E-state index is 0.0976. The molecule has 0 aliphatic rings. The fourth-order valence-electron chi connectivity index (χ4n) is 7.59. The van der Waals surface area contributed by atoms with Crippen LogP contribution in [-0.4, -0.2) is 66.5 Å². The van der Waals surface area contributed by atoms with Crippen molar-refractivity contribution in [2.24, 2.45) is 0 Å². The number of aliphatic hydroxyl groups is 1. The molecule has 11 nitrogen and oxygen atoms in total. The Morgan fingerprint density at radius 1 is 0.392 bits per heavy atom. The summed E-state index contributed by atoms with van der Waals surface area (Å²) in [7, 11) is -4.76. The summed E-state index contributed by atoms with van der Waals surface area (Å²) in [5.74, 6) is -1.57. The first-order valence-electron chi connectivity index (χ1n) is 29.1. The molecule has 74 heavy (non-hydrogen) atoms. The molecule has 424 valence electrons. The standard InChI is InChI=1S/C62H105O11P/c1-4-7-10-13-16-19-21-23-25-27-29-31-33-35-37-40-42-45-48-51-60(64)69-55-59(57-71-74(67,68)70-56-58(54-63)72-61(65)52-49-46-43-39-18-15-12-9-6-3)73-62(66)53-50-47-44-41-38-36-34-32-30-28-26-24-22-20-17-14-11-8-5-2/h7,10,16-17,19-20,23-26,29,31,35,37,42,45,58-59,63H,4-6,8-9,11-15,18,21-22,27-28,30,32-34,36,38-41,43-44,46-57H2,1-3H3,(H,67,68)/b10-7-,19-16-,20-17-,25-23-,26-24-,31-29-,37-35-,45-42-. The van der Waals surface area contributed by atoms with Gasteiger partial charge in [0.2, 0.25) is 0 Å². The summed E-state index contributed by atoms with van der Waals surface area (Å²) >= 11 is 0. The van der Waals surface area contributed by atoms with E-state index in [0.717, 1.165) is 96.3 Å². The Labute approximate surface area is 451 Å². The van der Waals surface area contributed by atoms with Crippen LogP contribution in [0.2, 0.25) is 0 Å². The molecule has 0 rings (SSSR count). The predicted octanol–water partition coefficient (Wildman–Crippen LogP) is 17.3. The smallest absolute Gasteiger partial charge is 0.462 e. The van der Waals surface area contributed by atoms with Crippen LogP contribution in [0.1, 0.15) is 239 Å². The van der Waals surface area contributed by atoms with E-state index in [0.29, 0.717) is 19.3 Å². The van der Waals surface area contributed by atoms with Crippen molar-refractivity contribution in [3.63, 3.8) is 0 Å². The Balaban J connectivity index is 4.82. The van der Waals surface area contributed by atoms with E-state index in [2.05, 4.69) is 106 Å². The summed E-state index contributed by atoms with van der Waals surface area (Å²) in [6.07, 6.45) is 65.3. The van der Waals surface area contributed by atoms with Gasteiger partial charge in [-0.05, 0) is 89.9 Å². The molecule has 3 unspecified atom stereocenters. The number of hydrogen-bond acceptors (Lipinski definition) is 10. The van der Waals surface area contributed by atoms with Gasteiger partial charge in [-0.2, -0.15) is 0 Å². The minimum atomic E-state index is -4.76. The summed E-state index contributed by atoms with van der Waals surface area (Å²) in [4.78, 5) is 48.4. The van der Waals surface area contributed by atoms with Gasteiger partial charge in [-0.1, -0.05) is 227 Å². The van der Waals surface area contributed by atoms with E-state index in [1.165, 1.54) is 83.5 Å². The van der Waals surface area contributed by atoms with E-state index in [1.54, 1.807) is 0 Å². The minimum Gasteiger partial charge on any atom is -0.462 e. The highest BCUT2D eigenvalue weighted by molar-refractivity contribution is 7.47. The Kier molecular flexibility index (Phi) is 52.9. The van der Waals surface area contributed by atoms with E-state index in [-0.39, 0.29) is 25.9 Å². The molecule has 0 saturated heterocycles. The second-order valence-corrected chi connectivity index (χ2v) is 20.5. The van der Waals surface area contributed by atoms with Gasteiger partial charge >= 0.3 is 25.7 Å². The van der Waals surface area contributed by atoms with Crippen molar-refractivity contribution in [1.29, 1.82) is 0 Å². The molecule has 0 spiro atoms. The van der Waals surface area contributed by atoms with Crippen molar-refractivity contribution in [3.8, 4) is 0 Å². The molecule has 0 aromatic heterocycles.